The molecule has 0 amide bonds. The highest BCUT2D eigenvalue weighted by atomic mass is 32.1. The predicted octanol–water partition coefficient (Wildman–Crippen LogP) is 1.53. The molecule has 1 aliphatic rings. The third kappa shape index (κ3) is 4.86. The third-order valence-corrected chi connectivity index (χ3v) is 4.72. The van der Waals surface area contributed by atoms with Crippen molar-refractivity contribution in [1.82, 2.24) is 14.8 Å². The number of morpholine rings is 1. The number of nitrogens with zero attached hydrogens (tertiary/aromatic N) is 3. The minimum absolute atomic E-state index is 0.360. The monoisotopic (exact) mass is 337 g/mol. The molecule has 3 rings (SSSR count). The average Bonchev–Trinajstić information content (AvgIpc) is 3.18. The van der Waals surface area contributed by atoms with E-state index in [2.05, 4.69) is 14.8 Å². The van der Waals surface area contributed by atoms with Gasteiger partial charge in [0.1, 0.15) is 0 Å². The van der Waals surface area contributed by atoms with Crippen LogP contribution in [0.25, 0.3) is 10.8 Å². The van der Waals surface area contributed by atoms with Gasteiger partial charge in [0, 0.05) is 38.1 Å². The summed E-state index contributed by atoms with van der Waals surface area (Å²) in [6.07, 6.45) is 1.30. The van der Waals surface area contributed by atoms with Crippen LogP contribution in [0.15, 0.2) is 28.2 Å². The van der Waals surface area contributed by atoms with Crippen LogP contribution in [0, 0.1) is 0 Å². The van der Waals surface area contributed by atoms with Crippen LogP contribution in [0.3, 0.4) is 0 Å². The first-order valence-corrected chi connectivity index (χ1v) is 8.73. The van der Waals surface area contributed by atoms with E-state index in [1.165, 1.54) is 0 Å². The number of hydrogen-bond donors (Lipinski definition) is 1. The molecule has 1 fully saturated rings. The fourth-order valence-corrected chi connectivity index (χ4v) is 3.51. The molecule has 0 aliphatic carbocycles. The molecule has 1 atom stereocenters. The van der Waals surface area contributed by atoms with Crippen LogP contribution in [-0.2, 0) is 11.3 Å². The van der Waals surface area contributed by atoms with Gasteiger partial charge in [-0.2, -0.15) is 0 Å². The Morgan fingerprint density at radius 3 is 3.00 bits per heavy atom. The summed E-state index contributed by atoms with van der Waals surface area (Å²) in [5, 5.41) is 13.2. The average molecular weight is 337 g/mol. The van der Waals surface area contributed by atoms with Crippen LogP contribution in [0.4, 0.5) is 0 Å². The highest BCUT2D eigenvalue weighted by Gasteiger charge is 2.17. The van der Waals surface area contributed by atoms with Crippen molar-refractivity contribution in [2.75, 3.05) is 46.4 Å². The summed E-state index contributed by atoms with van der Waals surface area (Å²) in [6, 6.07) is 3.78. The summed E-state index contributed by atoms with van der Waals surface area (Å²) in [5.41, 5.74) is 1.00. The van der Waals surface area contributed by atoms with E-state index in [0.717, 1.165) is 49.3 Å². The van der Waals surface area contributed by atoms with Crippen LogP contribution in [0.5, 0.6) is 0 Å². The second kappa shape index (κ2) is 8.03. The van der Waals surface area contributed by atoms with Crippen molar-refractivity contribution in [3.8, 4) is 10.8 Å². The maximum absolute atomic E-state index is 10.2. The summed E-state index contributed by atoms with van der Waals surface area (Å²) in [5.74, 6) is 0.802. The van der Waals surface area contributed by atoms with Crippen molar-refractivity contribution in [2.24, 2.45) is 0 Å². The molecule has 7 heteroatoms. The number of rotatable bonds is 7. The van der Waals surface area contributed by atoms with Gasteiger partial charge in [-0.25, -0.2) is 4.98 Å². The Morgan fingerprint density at radius 1 is 1.43 bits per heavy atom. The first-order chi connectivity index (χ1) is 11.2. The maximum Gasteiger partial charge on any atom is 0.162 e. The first kappa shape index (κ1) is 16.6. The number of ether oxygens (including phenoxy) is 1. The fraction of sp³-hybridized carbons (Fsp3) is 0.562. The van der Waals surface area contributed by atoms with Crippen LogP contribution >= 0.6 is 11.3 Å². The molecule has 0 bridgehead atoms. The smallest absolute Gasteiger partial charge is 0.162 e. The summed E-state index contributed by atoms with van der Waals surface area (Å²) >= 11 is 1.58. The van der Waals surface area contributed by atoms with E-state index in [9.17, 15) is 5.11 Å². The molecule has 2 aromatic heterocycles. The van der Waals surface area contributed by atoms with Crippen LogP contribution in [0.1, 0.15) is 5.69 Å². The lowest BCUT2D eigenvalue weighted by Gasteiger charge is -2.29. The predicted molar refractivity (Wildman–Crippen MR) is 89.4 cm³/mol. The Morgan fingerprint density at radius 2 is 2.26 bits per heavy atom. The zero-order chi connectivity index (χ0) is 16.1. The van der Waals surface area contributed by atoms with Gasteiger partial charge in [0.15, 0.2) is 10.8 Å². The number of aliphatic hydroxyl groups excluding tert-OH is 1. The second-order valence-corrected chi connectivity index (χ2v) is 6.74. The van der Waals surface area contributed by atoms with Gasteiger partial charge in [-0.1, -0.05) is 0 Å². The summed E-state index contributed by atoms with van der Waals surface area (Å²) in [6.45, 7) is 5.37. The Labute approximate surface area is 140 Å². The van der Waals surface area contributed by atoms with Gasteiger partial charge < -0.3 is 14.3 Å². The van der Waals surface area contributed by atoms with Crippen LogP contribution in [-0.4, -0.2) is 72.4 Å². The number of thiazole rings is 1. The molecular formula is C16H23N3O3S. The van der Waals surface area contributed by atoms with Crippen molar-refractivity contribution >= 4 is 11.3 Å². The third-order valence-electron chi connectivity index (χ3n) is 3.81. The van der Waals surface area contributed by atoms with E-state index in [-0.39, 0.29) is 6.10 Å². The lowest BCUT2D eigenvalue weighted by atomic mass is 10.2. The Balaban J connectivity index is 1.46. The summed E-state index contributed by atoms with van der Waals surface area (Å²) in [4.78, 5) is 8.94. The molecule has 1 N–H and O–H groups in total. The molecule has 1 aliphatic heterocycles. The van der Waals surface area contributed by atoms with E-state index >= 15 is 0 Å². The van der Waals surface area contributed by atoms with Crippen molar-refractivity contribution in [2.45, 2.75) is 12.6 Å². The minimum atomic E-state index is -0.360. The molecular weight excluding hydrogens is 314 g/mol. The molecule has 0 aromatic carbocycles. The highest BCUT2D eigenvalue weighted by Crippen LogP contribution is 2.24. The molecule has 0 spiro atoms. The first-order valence-electron chi connectivity index (χ1n) is 7.85. The molecule has 0 saturated carbocycles. The Kier molecular flexibility index (Phi) is 5.80. The number of hydrogen-bond acceptors (Lipinski definition) is 7. The molecule has 126 valence electrons. The minimum Gasteiger partial charge on any atom is -0.462 e. The summed E-state index contributed by atoms with van der Waals surface area (Å²) in [7, 11) is 2.01. The lowest BCUT2D eigenvalue weighted by Crippen LogP contribution is -2.43. The lowest BCUT2D eigenvalue weighted by molar-refractivity contribution is 0.00820. The quantitative estimate of drug-likeness (QED) is 0.827. The molecule has 6 nitrogen and oxygen atoms in total. The SMILES string of the molecule is CN(Cc1csc(-c2ccco2)n1)CC(O)CN1CCOCC1. The largest absolute Gasteiger partial charge is 0.462 e. The van der Waals surface area contributed by atoms with Crippen molar-refractivity contribution in [1.29, 1.82) is 0 Å². The summed E-state index contributed by atoms with van der Waals surface area (Å²) < 4.78 is 10.7. The van der Waals surface area contributed by atoms with Gasteiger partial charge in [-0.05, 0) is 19.2 Å². The van der Waals surface area contributed by atoms with E-state index in [4.69, 9.17) is 9.15 Å². The molecule has 2 aromatic rings. The highest BCUT2D eigenvalue weighted by molar-refractivity contribution is 7.13. The van der Waals surface area contributed by atoms with E-state index in [1.54, 1.807) is 17.6 Å². The fourth-order valence-electron chi connectivity index (χ4n) is 2.73. The van der Waals surface area contributed by atoms with E-state index in [1.807, 2.05) is 24.6 Å². The van der Waals surface area contributed by atoms with Crippen molar-refractivity contribution in [3.05, 3.63) is 29.5 Å². The molecule has 3 heterocycles. The number of likely N-dealkylation sites (N-methyl/N-ethyl adjacent to an activating group) is 1. The zero-order valence-corrected chi connectivity index (χ0v) is 14.2. The number of aliphatic hydroxyl groups is 1. The van der Waals surface area contributed by atoms with Crippen LogP contribution < -0.4 is 0 Å². The number of aromatic nitrogens is 1. The molecule has 1 saturated heterocycles. The van der Waals surface area contributed by atoms with E-state index < -0.39 is 0 Å². The van der Waals surface area contributed by atoms with Gasteiger partial charge >= 0.3 is 0 Å². The molecule has 23 heavy (non-hydrogen) atoms. The zero-order valence-electron chi connectivity index (χ0n) is 13.4. The number of β-amino-alcohol motifs (C(OH)–C–C–N with tert-alkyl or cyclic N) is 1. The van der Waals surface area contributed by atoms with Gasteiger partial charge in [0.2, 0.25) is 0 Å². The topological polar surface area (TPSA) is 62.0 Å². The van der Waals surface area contributed by atoms with Gasteiger partial charge in [0.05, 0.1) is 31.3 Å². The van der Waals surface area contributed by atoms with Gasteiger partial charge in [0.25, 0.3) is 0 Å². The maximum atomic E-state index is 10.2. The van der Waals surface area contributed by atoms with Crippen molar-refractivity contribution < 1.29 is 14.3 Å². The number of furan rings is 1. The standard InChI is InChI=1S/C16H23N3O3S/c1-18(10-14(20)11-19-4-7-21-8-5-19)9-13-12-23-16(17-13)15-3-2-6-22-15/h2-3,6,12,14,20H,4-5,7-11H2,1H3. The van der Waals surface area contributed by atoms with Gasteiger partial charge in [-0.3, -0.25) is 9.80 Å². The Hall–Kier alpha value is -1.25. The van der Waals surface area contributed by atoms with E-state index in [0.29, 0.717) is 13.1 Å². The van der Waals surface area contributed by atoms with Crippen molar-refractivity contribution in [3.63, 3.8) is 0 Å². The normalized spacial score (nSPS) is 17.7. The van der Waals surface area contributed by atoms with Gasteiger partial charge in [-0.15, -0.1) is 11.3 Å². The molecule has 0 radical (unpaired) electrons. The second-order valence-electron chi connectivity index (χ2n) is 5.88. The molecule has 1 unspecified atom stereocenters. The van der Waals surface area contributed by atoms with Crippen LogP contribution in [0.2, 0.25) is 0 Å². The Bertz CT molecular complexity index is 581.